The maximum atomic E-state index is 2.56. The first-order valence-corrected chi connectivity index (χ1v) is 5.20. The zero-order chi connectivity index (χ0) is 2.00. The largest absolute Gasteiger partial charge is 0.159 e. The van der Waals surface area contributed by atoms with Crippen molar-refractivity contribution in [1.82, 2.24) is 0 Å². The van der Waals surface area contributed by atoms with Crippen LogP contribution in [0.1, 0.15) is 0 Å². The average molecular weight is 179 g/mol. The van der Waals surface area contributed by atoms with E-state index >= 15 is 0 Å². The Morgan fingerprint density at radius 2 is 1.25 bits per heavy atom. The van der Waals surface area contributed by atoms with Crippen molar-refractivity contribution in [1.29, 1.82) is 0 Å². The topological polar surface area (TPSA) is 0 Å². The molecule has 0 spiro atoms. The molecule has 1 unspecified atom stereocenters. The molecule has 4 heavy (non-hydrogen) atoms. The second kappa shape index (κ2) is 17.7. The van der Waals surface area contributed by atoms with E-state index in [1.54, 1.807) is 0 Å². The van der Waals surface area contributed by atoms with Gasteiger partial charge in [0.05, 0.1) is 0 Å². The van der Waals surface area contributed by atoms with Crippen molar-refractivity contribution in [3.8, 4) is 0 Å². The monoisotopic (exact) mass is 178 g/mol. The van der Waals surface area contributed by atoms with E-state index in [0.717, 1.165) is 0 Å². The second-order valence-corrected chi connectivity index (χ2v) is 0. The molecule has 1 atom stereocenters. The van der Waals surface area contributed by atoms with Gasteiger partial charge in [0, 0.05) is 36.1 Å². The van der Waals surface area contributed by atoms with Crippen LogP contribution < -0.4 is 0 Å². The molecule has 0 aromatic heterocycles. The summed E-state index contributed by atoms with van der Waals surface area (Å²) in [5.74, 6) is 0. The van der Waals surface area contributed by atoms with Crippen molar-refractivity contribution in [2.24, 2.45) is 0 Å². The third-order valence-corrected chi connectivity index (χ3v) is 0. The molecule has 0 aromatic rings. The van der Waals surface area contributed by atoms with E-state index < -0.39 is 0 Å². The van der Waals surface area contributed by atoms with Crippen LogP contribution in [0, 0.1) is 0 Å². The molecule has 0 bridgehead atoms. The molecule has 0 N–H and O–H groups in total. The fourth-order valence-corrected chi connectivity index (χ4v) is 0. The van der Waals surface area contributed by atoms with E-state index in [2.05, 4.69) is 8.79 Å². The Hall–Kier alpha value is 2.53. The number of hydrogen-bond acceptors (Lipinski definition) is 0. The van der Waals surface area contributed by atoms with Crippen LogP contribution in [0.2, 0.25) is 0 Å². The first-order valence-electron chi connectivity index (χ1n) is 0.577. The summed E-state index contributed by atoms with van der Waals surface area (Å²) >= 11 is 0. The van der Waals surface area contributed by atoms with Gasteiger partial charge in [0.15, 0.2) is 0 Å². The maximum Gasteiger partial charge on any atom is 0.0252 e. The van der Waals surface area contributed by atoms with Gasteiger partial charge >= 0.3 is 29.6 Å². The second-order valence-electron chi connectivity index (χ2n) is 0. The predicted octanol–water partition coefficient (Wildman–Crippen LogP) is -1.51. The number of rotatable bonds is 0. The molecule has 20 valence electrons. The summed E-state index contributed by atoms with van der Waals surface area (Å²) in [7, 11) is 3.78. The molecule has 0 aromatic carbocycles. The molecule has 0 rings (SSSR count). The molecule has 0 fully saturated rings. The van der Waals surface area contributed by atoms with Gasteiger partial charge in [-0.3, -0.25) is 0 Å². The summed E-state index contributed by atoms with van der Waals surface area (Å²) in [6.07, 6.45) is 0. The van der Waals surface area contributed by atoms with Crippen molar-refractivity contribution in [2.75, 3.05) is 0 Å². The Bertz CT molecular complexity index is 8.00. The minimum Gasteiger partial charge on any atom is -0.159 e. The normalized spacial score (nSPS) is 2.25. The quantitative estimate of drug-likeness (QED) is 0.313. The van der Waals surface area contributed by atoms with E-state index in [4.69, 9.17) is 0 Å². The van der Waals surface area contributed by atoms with Crippen molar-refractivity contribution in [3.05, 3.63) is 0 Å². The molecule has 0 amide bonds. The van der Waals surface area contributed by atoms with Crippen LogP contribution in [0.5, 0.6) is 0 Å². The SMILES string of the molecule is [NaH].[SiH3]P.[Zr]. The van der Waals surface area contributed by atoms with Gasteiger partial charge in [-0.2, -0.15) is 8.79 Å². The fourth-order valence-electron chi connectivity index (χ4n) is 0. The Kier molecular flexibility index (Phi) is 71.0. The van der Waals surface area contributed by atoms with Crippen LogP contribution >= 0.6 is 8.79 Å². The predicted molar refractivity (Wildman–Crippen MR) is 26.8 cm³/mol. The standard InChI is InChI=1S/Na.H5PSi.Zr.H/c;1-2;;/h;1H2,2H3;;. The molecule has 4 heteroatoms. The smallest absolute Gasteiger partial charge is 0.0252 e. The minimum absolute atomic E-state index is 0. The van der Waals surface area contributed by atoms with E-state index in [9.17, 15) is 0 Å². The van der Waals surface area contributed by atoms with Crippen LogP contribution in [-0.2, 0) is 26.2 Å². The van der Waals surface area contributed by atoms with Gasteiger partial charge in [-0.25, -0.2) is 0 Å². The molecule has 0 saturated carbocycles. The summed E-state index contributed by atoms with van der Waals surface area (Å²) < 4.78 is 0. The van der Waals surface area contributed by atoms with Crippen LogP contribution in [0.25, 0.3) is 0 Å². The van der Waals surface area contributed by atoms with Crippen molar-refractivity contribution < 1.29 is 26.2 Å². The fraction of sp³-hybridized carbons (Fsp3) is 0. The molecule has 0 aliphatic heterocycles. The molecule has 0 heterocycles. The zero-order valence-corrected chi connectivity index (χ0v) is 7.69. The summed E-state index contributed by atoms with van der Waals surface area (Å²) in [4.78, 5) is 0. The first-order chi connectivity index (χ1) is 1.00. The van der Waals surface area contributed by atoms with Gasteiger partial charge in [-0.1, -0.05) is 0 Å². The summed E-state index contributed by atoms with van der Waals surface area (Å²) in [5, 5.41) is 0. The third-order valence-electron chi connectivity index (χ3n) is 0. The Morgan fingerprint density at radius 1 is 1.25 bits per heavy atom. The third kappa shape index (κ3) is 8.82. The molecule has 0 aliphatic rings. The van der Waals surface area contributed by atoms with Gasteiger partial charge in [-0.05, 0) is 0 Å². The van der Waals surface area contributed by atoms with Gasteiger partial charge < -0.3 is 0 Å². The van der Waals surface area contributed by atoms with E-state index in [1.807, 2.05) is 0 Å². The van der Waals surface area contributed by atoms with Crippen molar-refractivity contribution in [3.63, 3.8) is 0 Å². The van der Waals surface area contributed by atoms with Gasteiger partial charge in [0.1, 0.15) is 0 Å². The molecule has 0 aliphatic carbocycles. The van der Waals surface area contributed by atoms with E-state index in [-0.39, 0.29) is 55.8 Å². The number of hydrogen-bond donors (Lipinski definition) is 0. The van der Waals surface area contributed by atoms with Crippen LogP contribution in [0.3, 0.4) is 0 Å². The van der Waals surface area contributed by atoms with Gasteiger partial charge in [-0.15, -0.1) is 0 Å². The molecule has 0 radical (unpaired) electrons. The summed E-state index contributed by atoms with van der Waals surface area (Å²) in [6, 6.07) is 0. The summed E-state index contributed by atoms with van der Waals surface area (Å²) in [5.41, 5.74) is 0. The zero-order valence-electron chi connectivity index (χ0n) is 2.08. The van der Waals surface area contributed by atoms with Crippen molar-refractivity contribution >= 4 is 48.3 Å². The Labute approximate surface area is 73.4 Å². The van der Waals surface area contributed by atoms with Crippen LogP contribution in [0.15, 0.2) is 0 Å². The molecular weight excluding hydrogens is 173 g/mol. The van der Waals surface area contributed by atoms with Crippen LogP contribution in [-0.4, -0.2) is 39.5 Å². The molecule has 0 nitrogen and oxygen atoms in total. The maximum absolute atomic E-state index is 2.56. The van der Waals surface area contributed by atoms with Crippen molar-refractivity contribution in [2.45, 2.75) is 0 Å². The van der Waals surface area contributed by atoms with E-state index in [1.165, 1.54) is 9.91 Å². The average Bonchev–Trinajstić information content (AvgIpc) is 1.00. The Balaban J connectivity index is -0.00000000500. The van der Waals surface area contributed by atoms with Crippen LogP contribution in [0.4, 0.5) is 0 Å². The van der Waals surface area contributed by atoms with Gasteiger partial charge in [0.2, 0.25) is 0 Å². The van der Waals surface area contributed by atoms with Gasteiger partial charge in [0.25, 0.3) is 0 Å². The molecule has 0 saturated heterocycles. The summed E-state index contributed by atoms with van der Waals surface area (Å²) in [6.45, 7) is 0. The van der Waals surface area contributed by atoms with E-state index in [0.29, 0.717) is 0 Å². The minimum atomic E-state index is 0. The Morgan fingerprint density at radius 3 is 1.25 bits per heavy atom. The first kappa shape index (κ1) is 16.0. The molecular formula is H6NaPSiZr.